The Morgan fingerprint density at radius 2 is 1.90 bits per heavy atom. The fourth-order valence-electron chi connectivity index (χ4n) is 2.31. The third-order valence-electron chi connectivity index (χ3n) is 3.40. The molecule has 110 valence electrons. The molecule has 0 spiro atoms. The van der Waals surface area contributed by atoms with Crippen LogP contribution in [0.15, 0.2) is 29.2 Å². The maximum atomic E-state index is 12.4. The number of benzene rings is 1. The first-order valence-electron chi connectivity index (χ1n) is 6.66. The van der Waals surface area contributed by atoms with Crippen molar-refractivity contribution in [3.05, 3.63) is 29.8 Å². The molecule has 1 aliphatic rings. The molecule has 1 aromatic carbocycles. The molecule has 0 bridgehead atoms. The lowest BCUT2D eigenvalue weighted by atomic mass is 10.2. The number of carbonyl (C=O) groups excluding carboxylic acids is 1. The van der Waals surface area contributed by atoms with Crippen molar-refractivity contribution in [2.75, 3.05) is 32.6 Å². The zero-order valence-corrected chi connectivity index (χ0v) is 12.4. The van der Waals surface area contributed by atoms with Gasteiger partial charge in [-0.3, -0.25) is 4.79 Å². The van der Waals surface area contributed by atoms with Crippen LogP contribution in [-0.4, -0.2) is 51.8 Å². The third-order valence-corrected chi connectivity index (χ3v) is 5.13. The molecule has 0 unspecified atom stereocenters. The van der Waals surface area contributed by atoms with E-state index in [1.54, 1.807) is 23.1 Å². The first kappa shape index (κ1) is 15.0. The second-order valence-corrected chi connectivity index (χ2v) is 6.88. The largest absolute Gasteiger partial charge is 0.384 e. The van der Waals surface area contributed by atoms with Gasteiger partial charge >= 0.3 is 0 Å². The van der Waals surface area contributed by atoms with Crippen LogP contribution in [0.2, 0.25) is 0 Å². The Kier molecular flexibility index (Phi) is 4.77. The summed E-state index contributed by atoms with van der Waals surface area (Å²) in [6, 6.07) is 6.41. The van der Waals surface area contributed by atoms with Crippen molar-refractivity contribution in [2.24, 2.45) is 0 Å². The van der Waals surface area contributed by atoms with Gasteiger partial charge in [-0.05, 0) is 25.0 Å². The predicted octanol–water partition coefficient (Wildman–Crippen LogP) is 1.34. The molecule has 1 heterocycles. The number of rotatable bonds is 5. The highest BCUT2D eigenvalue weighted by molar-refractivity contribution is 7.91. The van der Waals surface area contributed by atoms with Gasteiger partial charge in [0, 0.05) is 20.2 Å². The minimum atomic E-state index is -3.50. The zero-order valence-electron chi connectivity index (χ0n) is 11.5. The predicted molar refractivity (Wildman–Crippen MR) is 75.5 cm³/mol. The summed E-state index contributed by atoms with van der Waals surface area (Å²) >= 11 is 0. The van der Waals surface area contributed by atoms with Crippen molar-refractivity contribution in [3.63, 3.8) is 0 Å². The molecule has 1 aliphatic heterocycles. The Hall–Kier alpha value is -1.40. The molecule has 1 fully saturated rings. The smallest absolute Gasteiger partial charge is 0.255 e. The SMILES string of the molecule is COCCS(=O)(=O)c1ccccc1C(=O)N1CCCC1. The number of carbonyl (C=O) groups is 1. The van der Waals surface area contributed by atoms with Gasteiger partial charge in [0.25, 0.3) is 5.91 Å². The highest BCUT2D eigenvalue weighted by Gasteiger charge is 2.26. The van der Waals surface area contributed by atoms with Crippen LogP contribution in [0, 0.1) is 0 Å². The molecule has 0 saturated carbocycles. The monoisotopic (exact) mass is 297 g/mol. The van der Waals surface area contributed by atoms with Crippen LogP contribution in [0.25, 0.3) is 0 Å². The van der Waals surface area contributed by atoms with Gasteiger partial charge in [-0.15, -0.1) is 0 Å². The second kappa shape index (κ2) is 6.37. The summed E-state index contributed by atoms with van der Waals surface area (Å²) in [5, 5.41) is 0. The maximum Gasteiger partial charge on any atom is 0.255 e. The van der Waals surface area contributed by atoms with E-state index in [9.17, 15) is 13.2 Å². The second-order valence-electron chi connectivity index (χ2n) is 4.81. The molecule has 1 amide bonds. The maximum absolute atomic E-state index is 12.4. The average Bonchev–Trinajstić information content (AvgIpc) is 2.98. The molecule has 0 aliphatic carbocycles. The first-order valence-corrected chi connectivity index (χ1v) is 8.31. The van der Waals surface area contributed by atoms with Crippen LogP contribution in [0.5, 0.6) is 0 Å². The van der Waals surface area contributed by atoms with Crippen molar-refractivity contribution in [1.29, 1.82) is 0 Å². The summed E-state index contributed by atoms with van der Waals surface area (Å²) in [6.07, 6.45) is 1.95. The highest BCUT2D eigenvalue weighted by Crippen LogP contribution is 2.21. The molecule has 0 atom stereocenters. The van der Waals surface area contributed by atoms with E-state index in [4.69, 9.17) is 4.74 Å². The van der Waals surface area contributed by atoms with Gasteiger partial charge in [0.1, 0.15) is 0 Å². The van der Waals surface area contributed by atoms with Crippen LogP contribution >= 0.6 is 0 Å². The number of nitrogens with zero attached hydrogens (tertiary/aromatic N) is 1. The van der Waals surface area contributed by atoms with E-state index in [0.717, 1.165) is 12.8 Å². The number of hydrogen-bond donors (Lipinski definition) is 0. The van der Waals surface area contributed by atoms with Crippen LogP contribution in [-0.2, 0) is 14.6 Å². The molecule has 2 rings (SSSR count). The normalized spacial score (nSPS) is 15.6. The van der Waals surface area contributed by atoms with E-state index in [-0.39, 0.29) is 28.7 Å². The number of amides is 1. The fourth-order valence-corrected chi connectivity index (χ4v) is 3.69. The summed E-state index contributed by atoms with van der Waals surface area (Å²) in [4.78, 5) is 14.2. The van der Waals surface area contributed by atoms with Gasteiger partial charge in [-0.2, -0.15) is 0 Å². The molecular formula is C14H19NO4S. The van der Waals surface area contributed by atoms with E-state index in [1.165, 1.54) is 13.2 Å². The summed E-state index contributed by atoms with van der Waals surface area (Å²) in [7, 11) is -2.04. The number of likely N-dealkylation sites (tertiary alicyclic amines) is 1. The van der Waals surface area contributed by atoms with E-state index >= 15 is 0 Å². The van der Waals surface area contributed by atoms with Crippen LogP contribution in [0.4, 0.5) is 0 Å². The fraction of sp³-hybridized carbons (Fsp3) is 0.500. The van der Waals surface area contributed by atoms with Crippen LogP contribution in [0.3, 0.4) is 0 Å². The zero-order chi connectivity index (χ0) is 14.6. The Labute approximate surface area is 119 Å². The molecule has 0 N–H and O–H groups in total. The minimum Gasteiger partial charge on any atom is -0.384 e. The van der Waals surface area contributed by atoms with Crippen molar-refractivity contribution < 1.29 is 17.9 Å². The molecule has 1 aromatic rings. The molecular weight excluding hydrogens is 278 g/mol. The summed E-state index contributed by atoms with van der Waals surface area (Å²) in [5.74, 6) is -0.313. The van der Waals surface area contributed by atoms with Crippen molar-refractivity contribution in [2.45, 2.75) is 17.7 Å². The molecule has 5 nitrogen and oxygen atoms in total. The van der Waals surface area contributed by atoms with Gasteiger partial charge in [-0.1, -0.05) is 12.1 Å². The topological polar surface area (TPSA) is 63.7 Å². The highest BCUT2D eigenvalue weighted by atomic mass is 32.2. The number of hydrogen-bond acceptors (Lipinski definition) is 4. The number of methoxy groups -OCH3 is 1. The van der Waals surface area contributed by atoms with E-state index < -0.39 is 9.84 Å². The third kappa shape index (κ3) is 3.19. The summed E-state index contributed by atoms with van der Waals surface area (Å²) in [5.41, 5.74) is 0.269. The van der Waals surface area contributed by atoms with Crippen molar-refractivity contribution in [1.82, 2.24) is 4.90 Å². The Morgan fingerprint density at radius 3 is 2.55 bits per heavy atom. The van der Waals surface area contributed by atoms with Crippen molar-refractivity contribution in [3.8, 4) is 0 Å². The Bertz CT molecular complexity index is 577. The first-order chi connectivity index (χ1) is 9.56. The lowest BCUT2D eigenvalue weighted by molar-refractivity contribution is 0.0789. The lowest BCUT2D eigenvalue weighted by Crippen LogP contribution is -2.29. The van der Waals surface area contributed by atoms with E-state index in [2.05, 4.69) is 0 Å². The van der Waals surface area contributed by atoms with Gasteiger partial charge in [0.2, 0.25) is 0 Å². The Balaban J connectivity index is 2.32. The average molecular weight is 297 g/mol. The molecule has 20 heavy (non-hydrogen) atoms. The van der Waals surface area contributed by atoms with Crippen LogP contribution < -0.4 is 0 Å². The number of sulfone groups is 1. The molecule has 0 radical (unpaired) electrons. The standard InChI is InChI=1S/C14H19NO4S/c1-19-10-11-20(17,18)13-7-3-2-6-12(13)14(16)15-8-4-5-9-15/h2-3,6-7H,4-5,8-11H2,1H3. The molecule has 6 heteroatoms. The Morgan fingerprint density at radius 1 is 1.25 bits per heavy atom. The van der Waals surface area contributed by atoms with E-state index in [0.29, 0.717) is 13.1 Å². The van der Waals surface area contributed by atoms with Gasteiger partial charge in [0.15, 0.2) is 9.84 Å². The van der Waals surface area contributed by atoms with E-state index in [1.807, 2.05) is 0 Å². The van der Waals surface area contributed by atoms with Gasteiger partial charge < -0.3 is 9.64 Å². The summed E-state index contributed by atoms with van der Waals surface area (Å²) < 4.78 is 29.4. The van der Waals surface area contributed by atoms with Crippen LogP contribution in [0.1, 0.15) is 23.2 Å². The quantitative estimate of drug-likeness (QED) is 0.823. The van der Waals surface area contributed by atoms with Gasteiger partial charge in [-0.25, -0.2) is 8.42 Å². The minimum absolute atomic E-state index is 0.106. The number of ether oxygens (including phenoxy) is 1. The molecule has 0 aromatic heterocycles. The lowest BCUT2D eigenvalue weighted by Gasteiger charge is -2.17. The van der Waals surface area contributed by atoms with Gasteiger partial charge in [0.05, 0.1) is 22.8 Å². The molecule has 1 saturated heterocycles. The van der Waals surface area contributed by atoms with Crippen molar-refractivity contribution >= 4 is 15.7 Å². The summed E-state index contributed by atoms with van der Waals surface area (Å²) in [6.45, 7) is 1.52.